The van der Waals surface area contributed by atoms with Gasteiger partial charge in [0.15, 0.2) is 11.6 Å². The second kappa shape index (κ2) is 20.1. The molecule has 13 nitrogen and oxygen atoms in total. The average molecular weight is 885 g/mol. The van der Waals surface area contributed by atoms with E-state index in [2.05, 4.69) is 31.4 Å². The van der Waals surface area contributed by atoms with Crippen LogP contribution in [0, 0.1) is 41.4 Å². The molecule has 5 heterocycles. The second-order valence-corrected chi connectivity index (χ2v) is 20.5. The maximum absolute atomic E-state index is 13.6. The van der Waals surface area contributed by atoms with Crippen LogP contribution in [0.4, 0.5) is 4.79 Å². The van der Waals surface area contributed by atoms with E-state index < -0.39 is 71.0 Å². The molecule has 4 fully saturated rings. The molecule has 0 radical (unpaired) electrons. The fraction of sp³-hybridized carbons (Fsp3) is 0.800. The molecule has 0 bridgehead atoms. The summed E-state index contributed by atoms with van der Waals surface area (Å²) in [5, 5.41) is 51.5. The van der Waals surface area contributed by atoms with Crippen molar-refractivity contribution >= 4 is 12.0 Å². The van der Waals surface area contributed by atoms with Gasteiger partial charge in [0, 0.05) is 36.6 Å². The highest BCUT2D eigenvalue weighted by molar-refractivity contribution is 5.74. The Kier molecular flexibility index (Phi) is 15.9. The lowest BCUT2D eigenvalue weighted by Gasteiger charge is -2.55. The number of hydrogen-bond acceptors (Lipinski definition) is 10. The van der Waals surface area contributed by atoms with E-state index in [1.165, 1.54) is 0 Å². The van der Waals surface area contributed by atoms with Crippen molar-refractivity contribution in [3.05, 3.63) is 48.0 Å². The van der Waals surface area contributed by atoms with Crippen molar-refractivity contribution in [1.29, 1.82) is 0 Å². The quantitative estimate of drug-likeness (QED) is 0.0960. The summed E-state index contributed by atoms with van der Waals surface area (Å²) in [6.07, 6.45) is 6.11. The standard InChI is InChI=1S/C50H80N2O11/c1-11-36(45(55)56)38-20-19-29(4)43(60-38)33(8)41(53)32(7)42(54)37(12-2)44-30(5)27-31(6)49(61-44)24-21-39(52-46(57)51-28-35-17-15-14-16-18-35)50(63-49)26-25-47(10,62-50)40-22-23-48(58,13-3)34(9)59-40/h14-18,21,24,29-34,36-44,53-54,58H,11-13,19-20,22-23,25-28H2,1-10H3,(H,55,56)(H2,51,52,57)/t29-,30-,31+,32-,33-,34-,36+,37-,38+,39?,40+,41+,42?,43+,44-,47-,48+,49-,50-/m0/s1. The van der Waals surface area contributed by atoms with Gasteiger partial charge >= 0.3 is 12.0 Å². The number of carboxylic acid groups (broad SMARTS) is 1. The van der Waals surface area contributed by atoms with Crippen molar-refractivity contribution in [2.75, 3.05) is 0 Å². The van der Waals surface area contributed by atoms with E-state index in [0.29, 0.717) is 57.9 Å². The van der Waals surface area contributed by atoms with Gasteiger partial charge in [-0.15, -0.1) is 0 Å². The van der Waals surface area contributed by atoms with E-state index in [-0.39, 0.29) is 53.9 Å². The predicted molar refractivity (Wildman–Crippen MR) is 239 cm³/mol. The Labute approximate surface area is 376 Å². The molecule has 5 aliphatic heterocycles. The van der Waals surface area contributed by atoms with Gasteiger partial charge < -0.3 is 54.7 Å². The van der Waals surface area contributed by atoms with Crippen LogP contribution in [0.2, 0.25) is 0 Å². The lowest BCUT2D eigenvalue weighted by atomic mass is 9.72. The third-order valence-electron chi connectivity index (χ3n) is 16.3. The molecule has 4 saturated heterocycles. The van der Waals surface area contributed by atoms with E-state index in [4.69, 9.17) is 23.7 Å². The number of aliphatic hydroxyl groups is 3. The molecule has 13 heteroatoms. The van der Waals surface area contributed by atoms with Crippen molar-refractivity contribution in [3.8, 4) is 0 Å². The largest absolute Gasteiger partial charge is 0.481 e. The summed E-state index contributed by atoms with van der Waals surface area (Å²) in [6.45, 7) is 20.3. The SMILES string of the molecule is CC[C@@H](C(=O)O)[C@H]1CC[C@H](C)[C@H]([C@@H](C)[C@H](O)[C@H](C)C(O)[C@H](CC)[C@H]2O[C@]3(C=CC(NC(=O)NCc4ccccc4)[C@]4(CC[C@@](C)([C@H]5CC[C@](O)(CC)[C@H](C)O5)O4)O3)[C@H](C)C[C@@H]2C)O1. The highest BCUT2D eigenvalue weighted by atomic mass is 16.8. The predicted octanol–water partition coefficient (Wildman–Crippen LogP) is 7.49. The Bertz CT molecular complexity index is 1720. The molecule has 63 heavy (non-hydrogen) atoms. The highest BCUT2D eigenvalue weighted by Crippen LogP contribution is 2.54. The molecule has 6 N–H and O–H groups in total. The summed E-state index contributed by atoms with van der Waals surface area (Å²) in [5.74, 6) is -5.30. The molecule has 1 aromatic rings. The number of ether oxygens (including phenoxy) is 5. The number of urea groups is 1. The molecule has 0 aliphatic carbocycles. The first-order valence-corrected chi connectivity index (χ1v) is 24.2. The maximum Gasteiger partial charge on any atom is 0.315 e. The molecule has 5 aliphatic rings. The van der Waals surface area contributed by atoms with E-state index >= 15 is 0 Å². The number of hydrogen-bond donors (Lipinski definition) is 6. The van der Waals surface area contributed by atoms with Gasteiger partial charge in [-0.2, -0.15) is 0 Å². The molecule has 2 amide bonds. The van der Waals surface area contributed by atoms with Gasteiger partial charge in [0.1, 0.15) is 6.04 Å². The number of carbonyl (C=O) groups excluding carboxylic acids is 1. The Morgan fingerprint density at radius 3 is 2.22 bits per heavy atom. The van der Waals surface area contributed by atoms with Crippen LogP contribution < -0.4 is 10.6 Å². The molecule has 1 aromatic carbocycles. The first kappa shape index (κ1) is 49.8. The Morgan fingerprint density at radius 2 is 1.59 bits per heavy atom. The molecule has 2 spiro atoms. The minimum absolute atomic E-state index is 0.0354. The topological polar surface area (TPSA) is 185 Å². The van der Waals surface area contributed by atoms with Gasteiger partial charge in [0.25, 0.3) is 0 Å². The Morgan fingerprint density at radius 1 is 0.873 bits per heavy atom. The summed E-state index contributed by atoms with van der Waals surface area (Å²) in [6, 6.07) is 8.67. The zero-order valence-corrected chi connectivity index (χ0v) is 39.6. The smallest absolute Gasteiger partial charge is 0.315 e. The lowest BCUT2D eigenvalue weighted by molar-refractivity contribution is -0.400. The minimum atomic E-state index is -1.33. The van der Waals surface area contributed by atoms with Gasteiger partial charge in [-0.1, -0.05) is 91.8 Å². The number of benzene rings is 1. The Hall–Kier alpha value is -2.62. The van der Waals surface area contributed by atoms with Crippen LogP contribution in [-0.4, -0.2) is 104 Å². The van der Waals surface area contributed by atoms with Crippen LogP contribution in [0.25, 0.3) is 0 Å². The van der Waals surface area contributed by atoms with Gasteiger partial charge in [0.05, 0.1) is 59.8 Å². The fourth-order valence-electron chi connectivity index (χ4n) is 11.9. The van der Waals surface area contributed by atoms with Crippen LogP contribution in [0.3, 0.4) is 0 Å². The van der Waals surface area contributed by atoms with Gasteiger partial charge in [0.2, 0.25) is 0 Å². The zero-order chi connectivity index (χ0) is 46.1. The third-order valence-corrected chi connectivity index (χ3v) is 16.3. The number of aliphatic carboxylic acids is 1. The fourth-order valence-corrected chi connectivity index (χ4v) is 11.9. The van der Waals surface area contributed by atoms with Crippen molar-refractivity contribution in [2.45, 2.75) is 212 Å². The number of rotatable bonds is 15. The molecule has 6 rings (SSSR count). The molecule has 356 valence electrons. The minimum Gasteiger partial charge on any atom is -0.481 e. The van der Waals surface area contributed by atoms with Crippen molar-refractivity contribution in [1.82, 2.24) is 10.6 Å². The number of carboxylic acids is 1. The molecular weight excluding hydrogens is 805 g/mol. The van der Waals surface area contributed by atoms with Gasteiger partial charge in [-0.25, -0.2) is 4.79 Å². The summed E-state index contributed by atoms with van der Waals surface area (Å²) in [7, 11) is 0. The van der Waals surface area contributed by atoms with Gasteiger partial charge in [-0.3, -0.25) is 4.79 Å². The maximum atomic E-state index is 13.6. The van der Waals surface area contributed by atoms with E-state index in [1.807, 2.05) is 91.0 Å². The van der Waals surface area contributed by atoms with Crippen LogP contribution in [0.15, 0.2) is 42.5 Å². The van der Waals surface area contributed by atoms with Crippen LogP contribution in [0.5, 0.6) is 0 Å². The zero-order valence-electron chi connectivity index (χ0n) is 39.6. The lowest BCUT2D eigenvalue weighted by Crippen LogP contribution is -2.66. The summed E-state index contributed by atoms with van der Waals surface area (Å²) in [5.41, 5.74) is -0.737. The molecular formula is C50H80N2O11. The summed E-state index contributed by atoms with van der Waals surface area (Å²) in [4.78, 5) is 25.7. The number of carbonyl (C=O) groups is 2. The normalized spacial score (nSPS) is 41.1. The molecule has 19 atom stereocenters. The number of amides is 2. The van der Waals surface area contributed by atoms with E-state index in [0.717, 1.165) is 18.4 Å². The number of nitrogens with one attached hydrogen (secondary N) is 2. The third kappa shape index (κ3) is 10.2. The van der Waals surface area contributed by atoms with E-state index in [9.17, 15) is 30.0 Å². The van der Waals surface area contributed by atoms with Gasteiger partial charge in [-0.05, 0) is 95.1 Å². The monoisotopic (exact) mass is 885 g/mol. The van der Waals surface area contributed by atoms with Crippen molar-refractivity contribution in [2.24, 2.45) is 41.4 Å². The van der Waals surface area contributed by atoms with Crippen LogP contribution >= 0.6 is 0 Å². The number of aliphatic hydroxyl groups excluding tert-OH is 2. The average Bonchev–Trinajstić information content (AvgIpc) is 3.60. The summed E-state index contributed by atoms with van der Waals surface area (Å²) < 4.78 is 34.8. The van der Waals surface area contributed by atoms with Crippen molar-refractivity contribution < 1.29 is 53.7 Å². The van der Waals surface area contributed by atoms with Crippen LogP contribution in [-0.2, 0) is 35.0 Å². The first-order chi connectivity index (χ1) is 29.8. The summed E-state index contributed by atoms with van der Waals surface area (Å²) >= 11 is 0. The van der Waals surface area contributed by atoms with Crippen LogP contribution in [0.1, 0.15) is 139 Å². The van der Waals surface area contributed by atoms with E-state index in [1.54, 1.807) is 0 Å². The second-order valence-electron chi connectivity index (χ2n) is 20.5. The molecule has 0 saturated carbocycles. The molecule has 2 unspecified atom stereocenters. The van der Waals surface area contributed by atoms with Crippen molar-refractivity contribution in [3.63, 3.8) is 0 Å². The highest BCUT2D eigenvalue weighted by Gasteiger charge is 2.63. The first-order valence-electron chi connectivity index (χ1n) is 24.2. The molecule has 0 aromatic heterocycles. The Balaban J connectivity index is 1.23.